The zero-order valence-corrected chi connectivity index (χ0v) is 21.0. The molecule has 4 aromatic rings. The number of ketones is 1. The maximum absolute atomic E-state index is 14.8. The molecule has 2 aliphatic rings. The molecule has 4 nitrogen and oxygen atoms in total. The topological polar surface area (TPSA) is 49.4 Å². The number of carbonyl (C=O) groups is 2. The Morgan fingerprint density at radius 1 is 0.842 bits per heavy atom. The molecule has 1 amide bonds. The highest BCUT2D eigenvalue weighted by Gasteiger charge is 2.42. The van der Waals surface area contributed by atoms with Crippen LogP contribution in [0.1, 0.15) is 51.8 Å². The lowest BCUT2D eigenvalue weighted by molar-refractivity contribution is -0.116. The molecule has 4 aromatic carbocycles. The monoisotopic (exact) mass is 502 g/mol. The van der Waals surface area contributed by atoms with Gasteiger partial charge in [0.05, 0.1) is 17.4 Å². The Morgan fingerprint density at radius 2 is 1.53 bits per heavy atom. The van der Waals surface area contributed by atoms with Crippen LogP contribution in [0.5, 0.6) is 0 Å². The van der Waals surface area contributed by atoms with Crippen molar-refractivity contribution < 1.29 is 14.0 Å². The van der Waals surface area contributed by atoms with Crippen molar-refractivity contribution in [3.8, 4) is 0 Å². The molecule has 5 heteroatoms. The molecular formula is C33H27FN2O2. The minimum absolute atomic E-state index is 0.0868. The maximum Gasteiger partial charge on any atom is 0.259 e. The third-order valence-corrected chi connectivity index (χ3v) is 7.47. The SMILES string of the molecule is Cc1ccc([C@H]2C3=C(C[C@H](c4ccccc4F)CC3=O)Nc3ccccc3N2C(=O)c2ccccc2)cc1. The second kappa shape index (κ2) is 9.75. The molecule has 0 bridgehead atoms. The number of halogens is 1. The molecule has 188 valence electrons. The fourth-order valence-corrected chi connectivity index (χ4v) is 5.62. The van der Waals surface area contributed by atoms with Crippen LogP contribution >= 0.6 is 0 Å². The van der Waals surface area contributed by atoms with E-state index in [1.54, 1.807) is 35.2 Å². The Balaban J connectivity index is 1.57. The highest BCUT2D eigenvalue weighted by molar-refractivity contribution is 6.12. The summed E-state index contributed by atoms with van der Waals surface area (Å²) >= 11 is 0. The van der Waals surface area contributed by atoms with Gasteiger partial charge in [0, 0.05) is 23.3 Å². The smallest absolute Gasteiger partial charge is 0.259 e. The number of nitrogens with zero attached hydrogens (tertiary/aromatic N) is 1. The molecular weight excluding hydrogens is 475 g/mol. The van der Waals surface area contributed by atoms with E-state index in [0.29, 0.717) is 28.8 Å². The van der Waals surface area contributed by atoms with Gasteiger partial charge in [-0.2, -0.15) is 0 Å². The van der Waals surface area contributed by atoms with Crippen LogP contribution in [-0.4, -0.2) is 11.7 Å². The number of nitrogens with one attached hydrogen (secondary N) is 1. The van der Waals surface area contributed by atoms with Gasteiger partial charge in [-0.3, -0.25) is 14.5 Å². The summed E-state index contributed by atoms with van der Waals surface area (Å²) in [5, 5.41) is 3.50. The molecule has 0 spiro atoms. The molecule has 0 radical (unpaired) electrons. The van der Waals surface area contributed by atoms with E-state index in [2.05, 4.69) is 5.32 Å². The molecule has 1 heterocycles. The fourth-order valence-electron chi connectivity index (χ4n) is 5.62. The number of Topliss-reactive ketones (excluding diaryl/α,β-unsaturated/α-hetero) is 1. The van der Waals surface area contributed by atoms with Crippen molar-refractivity contribution in [3.63, 3.8) is 0 Å². The van der Waals surface area contributed by atoms with Crippen molar-refractivity contribution in [1.29, 1.82) is 0 Å². The average molecular weight is 503 g/mol. The molecule has 0 aromatic heterocycles. The van der Waals surface area contributed by atoms with E-state index in [4.69, 9.17) is 0 Å². The molecule has 1 N–H and O–H groups in total. The van der Waals surface area contributed by atoms with Crippen molar-refractivity contribution in [3.05, 3.63) is 142 Å². The molecule has 0 fully saturated rings. The molecule has 6 rings (SSSR count). The predicted octanol–water partition coefficient (Wildman–Crippen LogP) is 7.35. The number of allylic oxidation sites excluding steroid dienone is 1. The van der Waals surface area contributed by atoms with Crippen molar-refractivity contribution >= 4 is 23.1 Å². The summed E-state index contributed by atoms with van der Waals surface area (Å²) < 4.78 is 14.8. The summed E-state index contributed by atoms with van der Waals surface area (Å²) in [5.41, 5.74) is 5.73. The first-order chi connectivity index (χ1) is 18.5. The minimum atomic E-state index is -0.636. The van der Waals surface area contributed by atoms with Gasteiger partial charge in [-0.05, 0) is 60.7 Å². The minimum Gasteiger partial charge on any atom is -0.357 e. The van der Waals surface area contributed by atoms with Crippen LogP contribution in [0.4, 0.5) is 15.8 Å². The number of anilines is 2. The fraction of sp³-hybridized carbons (Fsp3) is 0.152. The van der Waals surface area contributed by atoms with Crippen molar-refractivity contribution in [1.82, 2.24) is 0 Å². The largest absolute Gasteiger partial charge is 0.357 e. The van der Waals surface area contributed by atoms with E-state index in [1.165, 1.54) is 6.07 Å². The highest BCUT2D eigenvalue weighted by atomic mass is 19.1. The summed E-state index contributed by atoms with van der Waals surface area (Å²) in [7, 11) is 0. The van der Waals surface area contributed by atoms with Crippen molar-refractivity contribution in [2.24, 2.45) is 0 Å². The summed E-state index contributed by atoms with van der Waals surface area (Å²) in [4.78, 5) is 30.0. The van der Waals surface area contributed by atoms with Gasteiger partial charge < -0.3 is 5.32 Å². The zero-order chi connectivity index (χ0) is 26.2. The van der Waals surface area contributed by atoms with E-state index in [-0.39, 0.29) is 29.8 Å². The van der Waals surface area contributed by atoms with Crippen LogP contribution in [-0.2, 0) is 4.79 Å². The number of benzene rings is 4. The summed E-state index contributed by atoms with van der Waals surface area (Å²) in [5.74, 6) is -0.879. The Morgan fingerprint density at radius 3 is 2.29 bits per heavy atom. The van der Waals surface area contributed by atoms with Gasteiger partial charge in [0.2, 0.25) is 0 Å². The van der Waals surface area contributed by atoms with Crippen LogP contribution in [0.25, 0.3) is 0 Å². The zero-order valence-electron chi connectivity index (χ0n) is 21.0. The number of para-hydroxylation sites is 2. The van der Waals surface area contributed by atoms with Gasteiger partial charge in [-0.1, -0.05) is 78.4 Å². The number of amides is 1. The maximum atomic E-state index is 14.8. The van der Waals surface area contributed by atoms with E-state index in [9.17, 15) is 14.0 Å². The Hall–Kier alpha value is -4.51. The Kier molecular flexibility index (Phi) is 6.12. The summed E-state index contributed by atoms with van der Waals surface area (Å²) in [6, 6.07) is 30.8. The van der Waals surface area contributed by atoms with Crippen LogP contribution < -0.4 is 10.2 Å². The summed E-state index contributed by atoms with van der Waals surface area (Å²) in [6.45, 7) is 2.01. The van der Waals surface area contributed by atoms with Crippen LogP contribution in [0.2, 0.25) is 0 Å². The van der Waals surface area contributed by atoms with Crippen LogP contribution in [0, 0.1) is 12.7 Å². The quantitative estimate of drug-likeness (QED) is 0.319. The number of rotatable bonds is 3. The standard InChI is InChI=1S/C33H27FN2O2/c1-21-15-17-22(18-16-21)32-31-28(19-24(20-30(31)37)25-11-5-6-12-26(25)34)35-27-13-7-8-14-29(27)36(32)33(38)23-9-3-2-4-10-23/h2-18,24,32,35H,19-20H2,1H3/t24-,32-/m0/s1. The van der Waals surface area contributed by atoms with E-state index in [0.717, 1.165) is 22.5 Å². The average Bonchev–Trinajstić information content (AvgIpc) is 3.08. The first kappa shape index (κ1) is 23.9. The number of aryl methyl sites for hydroxylation is 1. The van der Waals surface area contributed by atoms with Crippen molar-refractivity contribution in [2.75, 3.05) is 10.2 Å². The predicted molar refractivity (Wildman–Crippen MR) is 148 cm³/mol. The lowest BCUT2D eigenvalue weighted by atomic mass is 9.78. The van der Waals surface area contributed by atoms with E-state index < -0.39 is 6.04 Å². The number of hydrogen-bond acceptors (Lipinski definition) is 3. The lowest BCUT2D eigenvalue weighted by Crippen LogP contribution is -2.38. The molecule has 2 atom stereocenters. The molecule has 1 aliphatic carbocycles. The van der Waals surface area contributed by atoms with Crippen LogP contribution in [0.3, 0.4) is 0 Å². The molecule has 38 heavy (non-hydrogen) atoms. The van der Waals surface area contributed by atoms with Gasteiger partial charge in [-0.15, -0.1) is 0 Å². The number of carbonyl (C=O) groups excluding carboxylic acids is 2. The number of hydrogen-bond donors (Lipinski definition) is 1. The molecule has 1 aliphatic heterocycles. The molecule has 0 saturated heterocycles. The van der Waals surface area contributed by atoms with Gasteiger partial charge in [0.1, 0.15) is 5.82 Å². The second-order valence-electron chi connectivity index (χ2n) is 9.94. The Bertz CT molecular complexity index is 1560. The molecule has 0 unspecified atom stereocenters. The van der Waals surface area contributed by atoms with Gasteiger partial charge >= 0.3 is 0 Å². The summed E-state index contributed by atoms with van der Waals surface area (Å²) in [6.07, 6.45) is 0.638. The van der Waals surface area contributed by atoms with E-state index in [1.807, 2.05) is 73.7 Å². The van der Waals surface area contributed by atoms with Crippen molar-refractivity contribution in [2.45, 2.75) is 31.7 Å². The normalized spacial score (nSPS) is 18.8. The van der Waals surface area contributed by atoms with Crippen LogP contribution in [0.15, 0.2) is 114 Å². The first-order valence-corrected chi connectivity index (χ1v) is 12.8. The Labute approximate surface area is 221 Å². The first-order valence-electron chi connectivity index (χ1n) is 12.8. The third kappa shape index (κ3) is 4.20. The van der Waals surface area contributed by atoms with Gasteiger partial charge in [0.15, 0.2) is 5.78 Å². The van der Waals surface area contributed by atoms with Gasteiger partial charge in [-0.25, -0.2) is 4.39 Å². The number of fused-ring (bicyclic) bond motifs is 1. The van der Waals surface area contributed by atoms with E-state index >= 15 is 0 Å². The van der Waals surface area contributed by atoms with Gasteiger partial charge in [0.25, 0.3) is 5.91 Å². The molecule has 0 saturated carbocycles. The highest BCUT2D eigenvalue weighted by Crippen LogP contribution is 2.48. The lowest BCUT2D eigenvalue weighted by Gasteiger charge is -2.35. The third-order valence-electron chi connectivity index (χ3n) is 7.47. The second-order valence-corrected chi connectivity index (χ2v) is 9.94.